The van der Waals surface area contributed by atoms with Crippen molar-refractivity contribution in [3.05, 3.63) is 0 Å². The van der Waals surface area contributed by atoms with E-state index in [2.05, 4.69) is 6.92 Å². The van der Waals surface area contributed by atoms with Crippen LogP contribution in [0.4, 0.5) is 0 Å². The van der Waals surface area contributed by atoms with Crippen LogP contribution in [0.25, 0.3) is 0 Å². The molecule has 4 heteroatoms. The Morgan fingerprint density at radius 1 is 1.12 bits per heavy atom. The molecule has 92 valence electrons. The van der Waals surface area contributed by atoms with Crippen LogP contribution in [0.1, 0.15) is 45.4 Å². The van der Waals surface area contributed by atoms with Crippen LogP contribution in [0, 0.1) is 17.8 Å². The van der Waals surface area contributed by atoms with Crippen molar-refractivity contribution in [3.63, 3.8) is 0 Å². The van der Waals surface area contributed by atoms with Gasteiger partial charge in [-0.05, 0) is 25.2 Å². The minimum absolute atomic E-state index is 0.400. The van der Waals surface area contributed by atoms with Crippen molar-refractivity contribution < 1.29 is 19.8 Å². The Morgan fingerprint density at radius 3 is 2.25 bits per heavy atom. The van der Waals surface area contributed by atoms with Crippen molar-refractivity contribution in [1.29, 1.82) is 0 Å². The van der Waals surface area contributed by atoms with E-state index in [9.17, 15) is 9.59 Å². The van der Waals surface area contributed by atoms with E-state index in [4.69, 9.17) is 10.2 Å². The fourth-order valence-corrected chi connectivity index (χ4v) is 2.58. The number of carboxylic acids is 2. The van der Waals surface area contributed by atoms with E-state index in [1.165, 1.54) is 0 Å². The molecule has 1 rings (SSSR count). The van der Waals surface area contributed by atoms with Crippen molar-refractivity contribution in [2.45, 2.75) is 45.4 Å². The first-order chi connectivity index (χ1) is 7.56. The fourth-order valence-electron chi connectivity index (χ4n) is 2.58. The molecule has 0 aromatic rings. The summed E-state index contributed by atoms with van der Waals surface area (Å²) < 4.78 is 0. The molecule has 0 aromatic carbocycles. The van der Waals surface area contributed by atoms with Crippen LogP contribution in [-0.4, -0.2) is 22.2 Å². The van der Waals surface area contributed by atoms with E-state index in [1.807, 2.05) is 0 Å². The van der Waals surface area contributed by atoms with Gasteiger partial charge in [-0.15, -0.1) is 0 Å². The minimum atomic E-state index is -0.957. The molecule has 0 amide bonds. The van der Waals surface area contributed by atoms with Gasteiger partial charge in [-0.1, -0.05) is 26.2 Å². The summed E-state index contributed by atoms with van der Waals surface area (Å²) in [5.74, 6) is -2.88. The van der Waals surface area contributed by atoms with Crippen LogP contribution >= 0.6 is 0 Å². The van der Waals surface area contributed by atoms with E-state index in [1.54, 1.807) is 0 Å². The zero-order chi connectivity index (χ0) is 12.1. The first-order valence-corrected chi connectivity index (χ1v) is 6.01. The molecule has 0 saturated heterocycles. The monoisotopic (exact) mass is 228 g/mol. The van der Waals surface area contributed by atoms with Crippen molar-refractivity contribution in [3.8, 4) is 0 Å². The molecule has 2 N–H and O–H groups in total. The van der Waals surface area contributed by atoms with Crippen molar-refractivity contribution in [2.24, 2.45) is 17.8 Å². The third kappa shape index (κ3) is 3.22. The summed E-state index contributed by atoms with van der Waals surface area (Å²) in [6.45, 7) is 2.11. The van der Waals surface area contributed by atoms with E-state index in [0.717, 1.165) is 25.7 Å². The number of carbonyl (C=O) groups is 2. The second-order valence-corrected chi connectivity index (χ2v) is 4.71. The maximum absolute atomic E-state index is 11.0. The predicted octanol–water partition coefficient (Wildman–Crippen LogP) is 2.38. The topological polar surface area (TPSA) is 74.6 Å². The Labute approximate surface area is 95.7 Å². The fraction of sp³-hybridized carbons (Fsp3) is 0.833. The Bertz CT molecular complexity index is 262. The molecule has 1 aliphatic carbocycles. The zero-order valence-corrected chi connectivity index (χ0v) is 9.69. The third-order valence-electron chi connectivity index (χ3n) is 3.56. The molecule has 16 heavy (non-hydrogen) atoms. The van der Waals surface area contributed by atoms with Gasteiger partial charge in [-0.25, -0.2) is 0 Å². The Balaban J connectivity index is 2.58. The molecule has 1 aliphatic rings. The summed E-state index contributed by atoms with van der Waals surface area (Å²) >= 11 is 0. The molecule has 0 heterocycles. The summed E-state index contributed by atoms with van der Waals surface area (Å²) in [5.41, 5.74) is 0. The number of carboxylic acid groups (broad SMARTS) is 2. The standard InChI is InChI=1S/C12H20O4/c1-2-3-4-8-5-6-9(11(13)14)10(7-8)12(15)16/h8-10H,2-7H2,1H3,(H,13,14)(H,15,16). The van der Waals surface area contributed by atoms with Gasteiger partial charge in [0.1, 0.15) is 0 Å². The van der Waals surface area contributed by atoms with Crippen LogP contribution in [0.15, 0.2) is 0 Å². The molecule has 0 aromatic heterocycles. The molecule has 0 spiro atoms. The van der Waals surface area contributed by atoms with Crippen LogP contribution in [0.3, 0.4) is 0 Å². The van der Waals surface area contributed by atoms with Gasteiger partial charge in [0, 0.05) is 0 Å². The highest BCUT2D eigenvalue weighted by Crippen LogP contribution is 2.36. The maximum atomic E-state index is 11.0. The lowest BCUT2D eigenvalue weighted by Gasteiger charge is -2.31. The molecular formula is C12H20O4. The van der Waals surface area contributed by atoms with E-state index in [-0.39, 0.29) is 0 Å². The normalized spacial score (nSPS) is 29.9. The van der Waals surface area contributed by atoms with Gasteiger partial charge in [0.05, 0.1) is 11.8 Å². The lowest BCUT2D eigenvalue weighted by molar-refractivity contribution is -0.156. The van der Waals surface area contributed by atoms with Crippen LogP contribution in [0.5, 0.6) is 0 Å². The van der Waals surface area contributed by atoms with Crippen LogP contribution in [-0.2, 0) is 9.59 Å². The first kappa shape index (κ1) is 13.0. The van der Waals surface area contributed by atoms with Gasteiger partial charge >= 0.3 is 11.9 Å². The summed E-state index contributed by atoms with van der Waals surface area (Å²) in [6.07, 6.45) is 5.16. The molecule has 0 aliphatic heterocycles. The van der Waals surface area contributed by atoms with Crippen molar-refractivity contribution in [2.75, 3.05) is 0 Å². The lowest BCUT2D eigenvalue weighted by atomic mass is 9.72. The Kier molecular flexibility index (Phi) is 4.77. The second kappa shape index (κ2) is 5.87. The van der Waals surface area contributed by atoms with Gasteiger partial charge in [0.25, 0.3) is 0 Å². The third-order valence-corrected chi connectivity index (χ3v) is 3.56. The average molecular weight is 228 g/mol. The average Bonchev–Trinajstić information content (AvgIpc) is 2.25. The highest BCUT2D eigenvalue weighted by atomic mass is 16.4. The highest BCUT2D eigenvalue weighted by Gasteiger charge is 2.38. The number of unbranched alkanes of at least 4 members (excludes halogenated alkanes) is 1. The predicted molar refractivity (Wildman–Crippen MR) is 59.1 cm³/mol. The highest BCUT2D eigenvalue weighted by molar-refractivity contribution is 5.80. The van der Waals surface area contributed by atoms with E-state index < -0.39 is 23.8 Å². The van der Waals surface area contributed by atoms with Crippen molar-refractivity contribution >= 4 is 11.9 Å². The zero-order valence-electron chi connectivity index (χ0n) is 9.69. The second-order valence-electron chi connectivity index (χ2n) is 4.71. The molecule has 1 saturated carbocycles. The van der Waals surface area contributed by atoms with Crippen LogP contribution < -0.4 is 0 Å². The van der Waals surface area contributed by atoms with Crippen molar-refractivity contribution in [1.82, 2.24) is 0 Å². The minimum Gasteiger partial charge on any atom is -0.481 e. The summed E-state index contributed by atoms with van der Waals surface area (Å²) in [7, 11) is 0. The molecular weight excluding hydrogens is 208 g/mol. The first-order valence-electron chi connectivity index (χ1n) is 6.01. The Morgan fingerprint density at radius 2 is 1.75 bits per heavy atom. The smallest absolute Gasteiger partial charge is 0.307 e. The number of hydrogen-bond acceptors (Lipinski definition) is 2. The quantitative estimate of drug-likeness (QED) is 0.757. The summed E-state index contributed by atoms with van der Waals surface area (Å²) in [6, 6.07) is 0. The van der Waals surface area contributed by atoms with Gasteiger partial charge in [-0.2, -0.15) is 0 Å². The molecule has 3 atom stereocenters. The Hall–Kier alpha value is -1.06. The molecule has 3 unspecified atom stereocenters. The van der Waals surface area contributed by atoms with Gasteiger partial charge < -0.3 is 10.2 Å². The van der Waals surface area contributed by atoms with Gasteiger partial charge in [0.15, 0.2) is 0 Å². The van der Waals surface area contributed by atoms with Gasteiger partial charge in [0.2, 0.25) is 0 Å². The largest absolute Gasteiger partial charge is 0.481 e. The number of aliphatic carboxylic acids is 2. The summed E-state index contributed by atoms with van der Waals surface area (Å²) in [4.78, 5) is 22.0. The number of hydrogen-bond donors (Lipinski definition) is 2. The van der Waals surface area contributed by atoms with E-state index >= 15 is 0 Å². The molecule has 1 fully saturated rings. The number of rotatable bonds is 5. The molecule has 4 nitrogen and oxygen atoms in total. The molecule has 0 radical (unpaired) electrons. The van der Waals surface area contributed by atoms with Crippen LogP contribution in [0.2, 0.25) is 0 Å². The van der Waals surface area contributed by atoms with Gasteiger partial charge in [-0.3, -0.25) is 9.59 Å². The maximum Gasteiger partial charge on any atom is 0.307 e. The van der Waals surface area contributed by atoms with E-state index in [0.29, 0.717) is 18.8 Å². The summed E-state index contributed by atoms with van der Waals surface area (Å²) in [5, 5.41) is 18.0. The molecule has 0 bridgehead atoms. The lowest BCUT2D eigenvalue weighted by Crippen LogP contribution is -2.35. The SMILES string of the molecule is CCCCC1CCC(C(=O)O)C(C(=O)O)C1.